The van der Waals surface area contributed by atoms with Gasteiger partial charge in [-0.15, -0.1) is 0 Å². The summed E-state index contributed by atoms with van der Waals surface area (Å²) in [6.45, 7) is 12.1. The van der Waals surface area contributed by atoms with E-state index in [1.165, 1.54) is 58.4 Å². The predicted molar refractivity (Wildman–Crippen MR) is 84.7 cm³/mol. The minimum Gasteiger partial charge on any atom is -0.316 e. The summed E-state index contributed by atoms with van der Waals surface area (Å²) in [6, 6.07) is 0. The van der Waals surface area contributed by atoms with Crippen LogP contribution in [0.3, 0.4) is 0 Å². The number of likely N-dealkylation sites (tertiary alicyclic amines) is 1. The lowest BCUT2D eigenvalue weighted by atomic mass is 9.96. The van der Waals surface area contributed by atoms with Gasteiger partial charge in [-0.1, -0.05) is 13.8 Å². The molecule has 0 aliphatic carbocycles. The van der Waals surface area contributed by atoms with Gasteiger partial charge in [0.15, 0.2) is 0 Å². The molecule has 0 amide bonds. The van der Waals surface area contributed by atoms with Crippen LogP contribution >= 0.6 is 0 Å². The predicted octanol–water partition coefficient (Wildman–Crippen LogP) is 2.29. The van der Waals surface area contributed by atoms with Crippen LogP contribution in [0.1, 0.15) is 39.5 Å². The molecule has 0 unspecified atom stereocenters. The summed E-state index contributed by atoms with van der Waals surface area (Å²) in [5, 5.41) is 3.53. The third-order valence-electron chi connectivity index (χ3n) is 3.96. The molecule has 0 aromatic carbocycles. The van der Waals surface area contributed by atoms with Crippen LogP contribution in [-0.4, -0.2) is 63.2 Å². The van der Waals surface area contributed by atoms with Crippen molar-refractivity contribution in [3.05, 3.63) is 0 Å². The third-order valence-corrected chi connectivity index (χ3v) is 3.96. The van der Waals surface area contributed by atoms with E-state index in [2.05, 4.69) is 43.1 Å². The highest BCUT2D eigenvalue weighted by atomic mass is 15.1. The Morgan fingerprint density at radius 2 is 1.84 bits per heavy atom. The van der Waals surface area contributed by atoms with Gasteiger partial charge in [0, 0.05) is 6.54 Å². The fourth-order valence-corrected chi connectivity index (χ4v) is 2.89. The van der Waals surface area contributed by atoms with Gasteiger partial charge in [0.1, 0.15) is 0 Å². The normalized spacial score (nSPS) is 18.6. The van der Waals surface area contributed by atoms with E-state index >= 15 is 0 Å². The maximum absolute atomic E-state index is 3.53. The van der Waals surface area contributed by atoms with Crippen LogP contribution in [0.2, 0.25) is 0 Å². The van der Waals surface area contributed by atoms with Crippen molar-refractivity contribution in [3.63, 3.8) is 0 Å². The first kappa shape index (κ1) is 16.9. The number of hydrogen-bond donors (Lipinski definition) is 1. The fraction of sp³-hybridized carbons (Fsp3) is 1.00. The zero-order valence-electron chi connectivity index (χ0n) is 13.6. The minimum absolute atomic E-state index is 0.774. The lowest BCUT2D eigenvalue weighted by Crippen LogP contribution is -2.37. The average Bonchev–Trinajstić information content (AvgIpc) is 2.34. The molecule has 0 spiro atoms. The molecule has 3 heteroatoms. The van der Waals surface area contributed by atoms with Crippen LogP contribution in [0, 0.1) is 11.8 Å². The molecular formula is C16H35N3. The molecule has 1 N–H and O–H groups in total. The molecule has 3 nitrogen and oxygen atoms in total. The number of nitrogens with zero attached hydrogens (tertiary/aromatic N) is 2. The minimum atomic E-state index is 0.774. The van der Waals surface area contributed by atoms with Gasteiger partial charge in [-0.25, -0.2) is 0 Å². The van der Waals surface area contributed by atoms with Gasteiger partial charge in [0.25, 0.3) is 0 Å². The number of piperidine rings is 1. The van der Waals surface area contributed by atoms with Crippen molar-refractivity contribution in [3.8, 4) is 0 Å². The number of nitrogens with one attached hydrogen (secondary N) is 1. The molecule has 1 aliphatic heterocycles. The lowest BCUT2D eigenvalue weighted by molar-refractivity contribution is 0.160. The van der Waals surface area contributed by atoms with Crippen molar-refractivity contribution >= 4 is 0 Å². The molecule has 114 valence electrons. The second-order valence-electron chi connectivity index (χ2n) is 6.85. The largest absolute Gasteiger partial charge is 0.316 e. The van der Waals surface area contributed by atoms with Crippen molar-refractivity contribution in [2.45, 2.75) is 39.5 Å². The van der Waals surface area contributed by atoms with Crippen LogP contribution in [0.25, 0.3) is 0 Å². The van der Waals surface area contributed by atoms with E-state index in [1.54, 1.807) is 0 Å². The summed E-state index contributed by atoms with van der Waals surface area (Å²) in [5.74, 6) is 1.70. The number of unbranched alkanes of at least 4 members (excludes halogenated alkanes) is 1. The van der Waals surface area contributed by atoms with Crippen molar-refractivity contribution in [2.24, 2.45) is 11.8 Å². The highest BCUT2D eigenvalue weighted by Gasteiger charge is 2.18. The van der Waals surface area contributed by atoms with Crippen molar-refractivity contribution in [1.82, 2.24) is 15.1 Å². The molecule has 0 aromatic heterocycles. The monoisotopic (exact) mass is 269 g/mol. The highest BCUT2D eigenvalue weighted by Crippen LogP contribution is 2.17. The molecule has 0 bridgehead atoms. The fourth-order valence-electron chi connectivity index (χ4n) is 2.89. The standard InChI is InChI=1S/C16H35N3/c1-15(2)13-17-9-5-6-10-19-11-7-16(8-12-19)14-18(3)4/h15-17H,5-14H2,1-4H3. The van der Waals surface area contributed by atoms with Crippen molar-refractivity contribution < 1.29 is 0 Å². The van der Waals surface area contributed by atoms with Crippen LogP contribution in [-0.2, 0) is 0 Å². The zero-order valence-corrected chi connectivity index (χ0v) is 13.6. The van der Waals surface area contributed by atoms with Crippen LogP contribution in [0.15, 0.2) is 0 Å². The molecule has 0 radical (unpaired) electrons. The van der Waals surface area contributed by atoms with E-state index in [9.17, 15) is 0 Å². The average molecular weight is 269 g/mol. The Bertz CT molecular complexity index is 208. The number of rotatable bonds is 9. The maximum atomic E-state index is 3.53. The van der Waals surface area contributed by atoms with Crippen molar-refractivity contribution in [2.75, 3.05) is 53.4 Å². The Hall–Kier alpha value is -0.120. The number of hydrogen-bond acceptors (Lipinski definition) is 3. The Morgan fingerprint density at radius 3 is 2.42 bits per heavy atom. The molecule has 1 aliphatic rings. The molecular weight excluding hydrogens is 234 g/mol. The Kier molecular flexibility index (Phi) is 8.67. The Labute approximate surface area is 120 Å². The SMILES string of the molecule is CC(C)CNCCCCN1CCC(CN(C)C)CC1. The topological polar surface area (TPSA) is 18.5 Å². The van der Waals surface area contributed by atoms with Gasteiger partial charge in [0.05, 0.1) is 0 Å². The van der Waals surface area contributed by atoms with E-state index in [1.807, 2.05) is 0 Å². The first-order valence-corrected chi connectivity index (χ1v) is 8.15. The smallest absolute Gasteiger partial charge is 0.000451 e. The summed E-state index contributed by atoms with van der Waals surface area (Å²) in [6.07, 6.45) is 5.46. The van der Waals surface area contributed by atoms with Gasteiger partial charge in [-0.2, -0.15) is 0 Å². The summed E-state index contributed by atoms with van der Waals surface area (Å²) in [5.41, 5.74) is 0. The first-order chi connectivity index (χ1) is 9.08. The van der Waals surface area contributed by atoms with Crippen molar-refractivity contribution in [1.29, 1.82) is 0 Å². The lowest BCUT2D eigenvalue weighted by Gasteiger charge is -2.33. The molecule has 0 saturated carbocycles. The van der Waals surface area contributed by atoms with Gasteiger partial charge in [-0.3, -0.25) is 0 Å². The summed E-state index contributed by atoms with van der Waals surface area (Å²) >= 11 is 0. The quantitative estimate of drug-likeness (QED) is 0.648. The van der Waals surface area contributed by atoms with Crippen LogP contribution in [0.4, 0.5) is 0 Å². The summed E-state index contributed by atoms with van der Waals surface area (Å²) < 4.78 is 0. The van der Waals surface area contributed by atoms with E-state index in [4.69, 9.17) is 0 Å². The zero-order chi connectivity index (χ0) is 14.1. The Balaban J connectivity index is 1.95. The van der Waals surface area contributed by atoms with Gasteiger partial charge < -0.3 is 15.1 Å². The maximum Gasteiger partial charge on any atom is 0.000451 e. The molecule has 0 aromatic rings. The van der Waals surface area contributed by atoms with Crippen LogP contribution in [0.5, 0.6) is 0 Å². The van der Waals surface area contributed by atoms with Gasteiger partial charge >= 0.3 is 0 Å². The van der Waals surface area contributed by atoms with E-state index < -0.39 is 0 Å². The highest BCUT2D eigenvalue weighted by molar-refractivity contribution is 4.73. The summed E-state index contributed by atoms with van der Waals surface area (Å²) in [4.78, 5) is 5.00. The molecule has 1 rings (SSSR count). The Morgan fingerprint density at radius 1 is 1.16 bits per heavy atom. The van der Waals surface area contributed by atoms with Gasteiger partial charge in [-0.05, 0) is 84.3 Å². The van der Waals surface area contributed by atoms with E-state index in [0.717, 1.165) is 18.4 Å². The van der Waals surface area contributed by atoms with Crippen LogP contribution < -0.4 is 5.32 Å². The second kappa shape index (κ2) is 9.73. The summed E-state index contributed by atoms with van der Waals surface area (Å²) in [7, 11) is 4.38. The molecule has 1 fully saturated rings. The van der Waals surface area contributed by atoms with E-state index in [-0.39, 0.29) is 0 Å². The first-order valence-electron chi connectivity index (χ1n) is 8.15. The molecule has 19 heavy (non-hydrogen) atoms. The third kappa shape index (κ3) is 8.61. The molecule has 0 atom stereocenters. The van der Waals surface area contributed by atoms with E-state index in [0.29, 0.717) is 0 Å². The molecule has 1 heterocycles. The van der Waals surface area contributed by atoms with Gasteiger partial charge in [0.2, 0.25) is 0 Å². The molecule has 1 saturated heterocycles. The second-order valence-corrected chi connectivity index (χ2v) is 6.85.